The maximum Gasteiger partial charge on any atom is 0.0950 e. The lowest BCUT2D eigenvalue weighted by Crippen LogP contribution is -2.28. The molecule has 3 rings (SSSR count). The summed E-state index contributed by atoms with van der Waals surface area (Å²) in [5.74, 6) is 1.62. The third kappa shape index (κ3) is 2.25. The van der Waals surface area contributed by atoms with Gasteiger partial charge < -0.3 is 9.88 Å². The molecule has 17 heavy (non-hydrogen) atoms. The lowest BCUT2D eigenvalue weighted by molar-refractivity contribution is 0.411. The van der Waals surface area contributed by atoms with Crippen molar-refractivity contribution in [2.75, 3.05) is 13.1 Å². The topological polar surface area (TPSA) is 29.9 Å². The van der Waals surface area contributed by atoms with Crippen LogP contribution in [0.3, 0.4) is 0 Å². The lowest BCUT2D eigenvalue weighted by Gasteiger charge is -2.25. The van der Waals surface area contributed by atoms with Crippen molar-refractivity contribution >= 4 is 0 Å². The minimum Gasteiger partial charge on any atom is -0.331 e. The Balaban J connectivity index is 1.78. The summed E-state index contributed by atoms with van der Waals surface area (Å²) in [6.07, 6.45) is 10.8. The fourth-order valence-electron chi connectivity index (χ4n) is 3.48. The largest absolute Gasteiger partial charge is 0.331 e. The first-order valence-electron chi connectivity index (χ1n) is 7.07. The maximum atomic E-state index is 4.41. The number of aromatic nitrogens is 2. The molecule has 1 aromatic heterocycles. The van der Waals surface area contributed by atoms with Crippen LogP contribution in [0.2, 0.25) is 0 Å². The van der Waals surface area contributed by atoms with Gasteiger partial charge in [-0.05, 0) is 51.1 Å². The first kappa shape index (κ1) is 11.3. The van der Waals surface area contributed by atoms with Gasteiger partial charge in [-0.15, -0.1) is 0 Å². The van der Waals surface area contributed by atoms with Crippen molar-refractivity contribution in [1.82, 2.24) is 14.9 Å². The minimum absolute atomic E-state index is 0.720. The zero-order chi connectivity index (χ0) is 11.7. The number of rotatable bonds is 2. The third-order valence-corrected chi connectivity index (χ3v) is 4.51. The van der Waals surface area contributed by atoms with E-state index in [1.54, 1.807) is 0 Å². The molecule has 2 aliphatic rings. The van der Waals surface area contributed by atoms with Crippen LogP contribution in [-0.2, 0) is 0 Å². The third-order valence-electron chi connectivity index (χ3n) is 4.51. The molecule has 0 amide bonds. The summed E-state index contributed by atoms with van der Waals surface area (Å²) >= 11 is 0. The summed E-state index contributed by atoms with van der Waals surface area (Å²) < 4.78 is 2.49. The second kappa shape index (κ2) is 4.81. The van der Waals surface area contributed by atoms with E-state index in [1.807, 2.05) is 0 Å². The van der Waals surface area contributed by atoms with Crippen LogP contribution in [0, 0.1) is 5.92 Å². The van der Waals surface area contributed by atoms with Gasteiger partial charge in [0.05, 0.1) is 6.33 Å². The average molecular weight is 233 g/mol. The molecule has 0 spiro atoms. The van der Waals surface area contributed by atoms with E-state index in [9.17, 15) is 0 Å². The number of nitrogens with one attached hydrogen (secondary N) is 1. The van der Waals surface area contributed by atoms with Gasteiger partial charge in [-0.2, -0.15) is 0 Å². The van der Waals surface area contributed by atoms with Crippen LogP contribution in [0.4, 0.5) is 0 Å². The Bertz CT molecular complexity index is 346. The molecule has 1 saturated carbocycles. The van der Waals surface area contributed by atoms with Gasteiger partial charge in [0.15, 0.2) is 0 Å². The van der Waals surface area contributed by atoms with Gasteiger partial charge in [0.2, 0.25) is 0 Å². The van der Waals surface area contributed by atoms with Crippen molar-refractivity contribution in [1.29, 1.82) is 0 Å². The quantitative estimate of drug-likeness (QED) is 0.851. The van der Waals surface area contributed by atoms with Gasteiger partial charge in [-0.3, -0.25) is 0 Å². The van der Waals surface area contributed by atoms with Crippen molar-refractivity contribution in [2.24, 2.45) is 5.92 Å². The first-order chi connectivity index (χ1) is 8.34. The summed E-state index contributed by atoms with van der Waals surface area (Å²) in [4.78, 5) is 4.41. The highest BCUT2D eigenvalue weighted by atomic mass is 15.1. The Morgan fingerprint density at radius 1 is 1.24 bits per heavy atom. The van der Waals surface area contributed by atoms with Gasteiger partial charge in [-0.1, -0.05) is 6.92 Å². The van der Waals surface area contributed by atoms with Crippen LogP contribution in [0.25, 0.3) is 0 Å². The standard InChI is InChI=1S/C14H23N3/c1-11-2-3-13(8-11)17-10-16-9-14(17)12-4-6-15-7-5-12/h9-13,15H,2-8H2,1H3. The molecule has 1 N–H and O–H groups in total. The van der Waals surface area contributed by atoms with Crippen molar-refractivity contribution in [2.45, 2.75) is 51.0 Å². The fraction of sp³-hybridized carbons (Fsp3) is 0.786. The average Bonchev–Trinajstić information content (AvgIpc) is 2.98. The molecular weight excluding hydrogens is 210 g/mol. The van der Waals surface area contributed by atoms with Crippen molar-refractivity contribution in [3.63, 3.8) is 0 Å². The highest BCUT2D eigenvalue weighted by molar-refractivity contribution is 5.09. The summed E-state index contributed by atoms with van der Waals surface area (Å²) in [5, 5.41) is 3.44. The van der Waals surface area contributed by atoms with E-state index in [0.717, 1.165) is 31.0 Å². The second-order valence-corrected chi connectivity index (χ2v) is 5.82. The van der Waals surface area contributed by atoms with E-state index >= 15 is 0 Å². The Hall–Kier alpha value is -0.830. The van der Waals surface area contributed by atoms with Gasteiger partial charge in [0.25, 0.3) is 0 Å². The monoisotopic (exact) mass is 233 g/mol. The zero-order valence-corrected chi connectivity index (χ0v) is 10.7. The number of imidazole rings is 1. The fourth-order valence-corrected chi connectivity index (χ4v) is 3.48. The van der Waals surface area contributed by atoms with E-state index in [4.69, 9.17) is 0 Å². The van der Waals surface area contributed by atoms with Gasteiger partial charge in [0, 0.05) is 23.9 Å². The summed E-state index contributed by atoms with van der Waals surface area (Å²) in [6, 6.07) is 0.720. The van der Waals surface area contributed by atoms with Crippen molar-refractivity contribution < 1.29 is 0 Å². The molecule has 0 aromatic carbocycles. The van der Waals surface area contributed by atoms with Gasteiger partial charge in [0.1, 0.15) is 0 Å². The molecule has 1 saturated heterocycles. The van der Waals surface area contributed by atoms with Crippen LogP contribution in [0.1, 0.15) is 56.7 Å². The summed E-state index contributed by atoms with van der Waals surface area (Å²) in [7, 11) is 0. The Kier molecular flexibility index (Phi) is 3.19. The molecule has 94 valence electrons. The summed E-state index contributed by atoms with van der Waals surface area (Å²) in [5.41, 5.74) is 1.49. The Morgan fingerprint density at radius 3 is 2.76 bits per heavy atom. The van der Waals surface area contributed by atoms with Crippen LogP contribution in [-0.4, -0.2) is 22.6 Å². The van der Waals surface area contributed by atoms with E-state index in [-0.39, 0.29) is 0 Å². The van der Waals surface area contributed by atoms with Gasteiger partial charge in [-0.25, -0.2) is 4.98 Å². The second-order valence-electron chi connectivity index (χ2n) is 5.82. The molecule has 1 aliphatic heterocycles. The normalized spacial score (nSPS) is 30.9. The number of nitrogens with zero attached hydrogens (tertiary/aromatic N) is 2. The molecule has 0 radical (unpaired) electrons. The number of hydrogen-bond acceptors (Lipinski definition) is 2. The van der Waals surface area contributed by atoms with Crippen molar-refractivity contribution in [3.05, 3.63) is 18.2 Å². The van der Waals surface area contributed by atoms with E-state index < -0.39 is 0 Å². The van der Waals surface area contributed by atoms with Crippen LogP contribution < -0.4 is 5.32 Å². The van der Waals surface area contributed by atoms with E-state index in [0.29, 0.717) is 0 Å². The number of piperidine rings is 1. The van der Waals surface area contributed by atoms with Crippen molar-refractivity contribution in [3.8, 4) is 0 Å². The minimum atomic E-state index is 0.720. The molecule has 1 aromatic rings. The molecule has 2 unspecified atom stereocenters. The molecule has 2 fully saturated rings. The van der Waals surface area contributed by atoms with E-state index in [2.05, 4.69) is 34.3 Å². The predicted molar refractivity (Wildman–Crippen MR) is 69.1 cm³/mol. The van der Waals surface area contributed by atoms with Crippen LogP contribution in [0.15, 0.2) is 12.5 Å². The Morgan fingerprint density at radius 2 is 2.06 bits per heavy atom. The van der Waals surface area contributed by atoms with E-state index in [1.165, 1.54) is 37.8 Å². The highest BCUT2D eigenvalue weighted by Gasteiger charge is 2.26. The SMILES string of the molecule is CC1CCC(n2cncc2C2CCNCC2)C1. The first-order valence-corrected chi connectivity index (χ1v) is 7.07. The molecule has 2 heterocycles. The molecule has 3 heteroatoms. The Labute approximate surface area is 104 Å². The molecule has 0 bridgehead atoms. The lowest BCUT2D eigenvalue weighted by atomic mass is 9.94. The smallest absolute Gasteiger partial charge is 0.0950 e. The zero-order valence-electron chi connectivity index (χ0n) is 10.7. The highest BCUT2D eigenvalue weighted by Crippen LogP contribution is 2.37. The van der Waals surface area contributed by atoms with Crippen LogP contribution >= 0.6 is 0 Å². The number of hydrogen-bond donors (Lipinski definition) is 1. The van der Waals surface area contributed by atoms with Crippen LogP contribution in [0.5, 0.6) is 0 Å². The summed E-state index contributed by atoms with van der Waals surface area (Å²) in [6.45, 7) is 4.70. The maximum absolute atomic E-state index is 4.41. The van der Waals surface area contributed by atoms with Gasteiger partial charge >= 0.3 is 0 Å². The molecule has 2 atom stereocenters. The molecule has 1 aliphatic carbocycles. The predicted octanol–water partition coefficient (Wildman–Crippen LogP) is 2.71. The molecule has 3 nitrogen and oxygen atoms in total. The molecular formula is C14H23N3.